The van der Waals surface area contributed by atoms with Gasteiger partial charge in [-0.3, -0.25) is 0 Å². The highest BCUT2D eigenvalue weighted by Gasteiger charge is 2.13. The first-order valence-corrected chi connectivity index (χ1v) is 7.12. The third-order valence-electron chi connectivity index (χ3n) is 3.27. The molecule has 0 bridgehead atoms. The van der Waals surface area contributed by atoms with E-state index in [0.29, 0.717) is 6.04 Å². The Balaban J connectivity index is 3.03. The Bertz CT molecular complexity index is 363. The summed E-state index contributed by atoms with van der Waals surface area (Å²) < 4.78 is 1.10. The maximum absolute atomic E-state index is 5.92. The number of hydrogen-bond acceptors (Lipinski definition) is 2. The van der Waals surface area contributed by atoms with Crippen molar-refractivity contribution in [3.05, 3.63) is 28.2 Å². The zero-order valence-electron chi connectivity index (χ0n) is 11.2. The summed E-state index contributed by atoms with van der Waals surface area (Å²) >= 11 is 3.61. The number of hydrogen-bond donors (Lipinski definition) is 1. The lowest BCUT2D eigenvalue weighted by Gasteiger charge is -2.30. The number of rotatable bonds is 5. The molecule has 2 atom stereocenters. The van der Waals surface area contributed by atoms with E-state index in [2.05, 4.69) is 59.8 Å². The molecule has 0 amide bonds. The van der Waals surface area contributed by atoms with E-state index in [1.165, 1.54) is 5.69 Å². The predicted octanol–water partition coefficient (Wildman–Crippen LogP) is 4.09. The van der Waals surface area contributed by atoms with Crippen LogP contribution in [-0.2, 0) is 0 Å². The minimum absolute atomic E-state index is 0.0668. The van der Waals surface area contributed by atoms with Crippen LogP contribution in [0, 0.1) is 0 Å². The maximum atomic E-state index is 5.92. The van der Waals surface area contributed by atoms with Crippen LogP contribution in [0.25, 0.3) is 0 Å². The lowest BCUT2D eigenvalue weighted by molar-refractivity contribution is 0.629. The van der Waals surface area contributed by atoms with E-state index in [1.54, 1.807) is 0 Å². The second-order valence-corrected chi connectivity index (χ2v) is 5.39. The van der Waals surface area contributed by atoms with Crippen LogP contribution in [0.3, 0.4) is 0 Å². The highest BCUT2D eigenvalue weighted by Crippen LogP contribution is 2.28. The number of nitrogens with two attached hydrogens (primary N) is 1. The molecule has 1 rings (SSSR count). The van der Waals surface area contributed by atoms with Crippen molar-refractivity contribution in [2.75, 3.05) is 11.4 Å². The molecule has 1 aromatic rings. The van der Waals surface area contributed by atoms with E-state index < -0.39 is 0 Å². The molecule has 2 nitrogen and oxygen atoms in total. The number of anilines is 1. The van der Waals surface area contributed by atoms with E-state index in [9.17, 15) is 0 Å². The standard InChI is InChI=1S/C14H23BrN2/c1-5-10(3)17(6-2)12-7-8-13(11(4)16)14(15)9-12/h7-11H,5-6,16H2,1-4H3/t10?,11-/m0/s1. The molecule has 1 unspecified atom stereocenters. The predicted molar refractivity (Wildman–Crippen MR) is 79.5 cm³/mol. The molecule has 0 radical (unpaired) electrons. The first kappa shape index (κ1) is 14.5. The fourth-order valence-electron chi connectivity index (χ4n) is 2.03. The Morgan fingerprint density at radius 1 is 1.29 bits per heavy atom. The Labute approximate surface area is 113 Å². The molecule has 0 saturated heterocycles. The topological polar surface area (TPSA) is 29.3 Å². The van der Waals surface area contributed by atoms with E-state index in [4.69, 9.17) is 5.73 Å². The smallest absolute Gasteiger partial charge is 0.0380 e. The van der Waals surface area contributed by atoms with Crippen molar-refractivity contribution in [2.24, 2.45) is 5.73 Å². The molecule has 0 saturated carbocycles. The van der Waals surface area contributed by atoms with Crippen LogP contribution >= 0.6 is 15.9 Å². The monoisotopic (exact) mass is 298 g/mol. The van der Waals surface area contributed by atoms with Gasteiger partial charge in [-0.25, -0.2) is 0 Å². The Hall–Kier alpha value is -0.540. The summed E-state index contributed by atoms with van der Waals surface area (Å²) in [4.78, 5) is 2.41. The SMILES string of the molecule is CCC(C)N(CC)c1ccc([C@H](C)N)c(Br)c1. The molecule has 3 heteroatoms. The van der Waals surface area contributed by atoms with Gasteiger partial charge in [-0.05, 0) is 44.9 Å². The van der Waals surface area contributed by atoms with Gasteiger partial charge in [-0.1, -0.05) is 28.9 Å². The molecular formula is C14H23BrN2. The van der Waals surface area contributed by atoms with E-state index in [0.717, 1.165) is 23.0 Å². The molecule has 0 aliphatic rings. The molecule has 1 aromatic carbocycles. The molecule has 96 valence electrons. The maximum Gasteiger partial charge on any atom is 0.0380 e. The van der Waals surface area contributed by atoms with Crippen LogP contribution in [0.2, 0.25) is 0 Å². The van der Waals surface area contributed by atoms with Gasteiger partial charge in [0.15, 0.2) is 0 Å². The first-order chi connectivity index (χ1) is 8.01. The van der Waals surface area contributed by atoms with Gasteiger partial charge < -0.3 is 10.6 Å². The lowest BCUT2D eigenvalue weighted by atomic mass is 10.1. The Morgan fingerprint density at radius 3 is 2.35 bits per heavy atom. The summed E-state index contributed by atoms with van der Waals surface area (Å²) in [6, 6.07) is 7.09. The van der Waals surface area contributed by atoms with Gasteiger partial charge in [0.1, 0.15) is 0 Å². The molecule has 17 heavy (non-hydrogen) atoms. The highest BCUT2D eigenvalue weighted by molar-refractivity contribution is 9.10. The highest BCUT2D eigenvalue weighted by atomic mass is 79.9. The average molecular weight is 299 g/mol. The Morgan fingerprint density at radius 2 is 1.94 bits per heavy atom. The molecule has 0 aliphatic heterocycles. The summed E-state index contributed by atoms with van der Waals surface area (Å²) in [6.07, 6.45) is 1.15. The van der Waals surface area contributed by atoms with E-state index in [1.807, 2.05) is 6.92 Å². The third kappa shape index (κ3) is 3.46. The number of halogens is 1. The molecule has 0 fully saturated rings. The summed E-state index contributed by atoms with van der Waals surface area (Å²) in [7, 11) is 0. The van der Waals surface area contributed by atoms with Crippen LogP contribution in [0.1, 0.15) is 45.7 Å². The molecular weight excluding hydrogens is 276 g/mol. The van der Waals surface area contributed by atoms with Crippen molar-refractivity contribution < 1.29 is 0 Å². The van der Waals surface area contributed by atoms with Gasteiger partial charge in [-0.2, -0.15) is 0 Å². The first-order valence-electron chi connectivity index (χ1n) is 6.32. The minimum atomic E-state index is 0.0668. The van der Waals surface area contributed by atoms with Crippen molar-refractivity contribution >= 4 is 21.6 Å². The number of nitrogens with zero attached hydrogens (tertiary/aromatic N) is 1. The lowest BCUT2D eigenvalue weighted by Crippen LogP contribution is -2.32. The summed E-state index contributed by atoms with van der Waals surface area (Å²) in [5.74, 6) is 0. The molecule has 2 N–H and O–H groups in total. The fraction of sp³-hybridized carbons (Fsp3) is 0.571. The van der Waals surface area contributed by atoms with Crippen LogP contribution in [0.4, 0.5) is 5.69 Å². The molecule has 0 aromatic heterocycles. The Kier molecular flexibility index (Phi) is 5.47. The van der Waals surface area contributed by atoms with E-state index in [-0.39, 0.29) is 6.04 Å². The summed E-state index contributed by atoms with van der Waals surface area (Å²) in [5, 5.41) is 0. The van der Waals surface area contributed by atoms with Crippen molar-refractivity contribution in [1.29, 1.82) is 0 Å². The number of benzene rings is 1. The van der Waals surface area contributed by atoms with Crippen molar-refractivity contribution in [2.45, 2.75) is 46.2 Å². The zero-order chi connectivity index (χ0) is 13.0. The van der Waals surface area contributed by atoms with Crippen molar-refractivity contribution in [3.8, 4) is 0 Å². The zero-order valence-corrected chi connectivity index (χ0v) is 12.8. The normalized spacial score (nSPS) is 14.5. The van der Waals surface area contributed by atoms with Gasteiger partial charge >= 0.3 is 0 Å². The van der Waals surface area contributed by atoms with Crippen molar-refractivity contribution in [1.82, 2.24) is 0 Å². The fourth-order valence-corrected chi connectivity index (χ4v) is 2.76. The van der Waals surface area contributed by atoms with Crippen LogP contribution in [0.15, 0.2) is 22.7 Å². The summed E-state index contributed by atoms with van der Waals surface area (Å²) in [6.45, 7) is 9.71. The molecule has 0 spiro atoms. The van der Waals surface area contributed by atoms with Gasteiger partial charge in [0.05, 0.1) is 0 Å². The molecule has 0 aliphatic carbocycles. The average Bonchev–Trinajstić information content (AvgIpc) is 2.29. The van der Waals surface area contributed by atoms with Gasteiger partial charge in [0, 0.05) is 28.8 Å². The summed E-state index contributed by atoms with van der Waals surface area (Å²) in [5.41, 5.74) is 8.34. The van der Waals surface area contributed by atoms with E-state index >= 15 is 0 Å². The second-order valence-electron chi connectivity index (χ2n) is 4.54. The van der Waals surface area contributed by atoms with Gasteiger partial charge in [-0.15, -0.1) is 0 Å². The van der Waals surface area contributed by atoms with Crippen molar-refractivity contribution in [3.63, 3.8) is 0 Å². The second kappa shape index (κ2) is 6.41. The van der Waals surface area contributed by atoms with Crippen LogP contribution in [-0.4, -0.2) is 12.6 Å². The van der Waals surface area contributed by atoms with Crippen LogP contribution in [0.5, 0.6) is 0 Å². The minimum Gasteiger partial charge on any atom is -0.369 e. The largest absolute Gasteiger partial charge is 0.369 e. The molecule has 0 heterocycles. The van der Waals surface area contributed by atoms with Crippen LogP contribution < -0.4 is 10.6 Å². The quantitative estimate of drug-likeness (QED) is 0.887. The van der Waals surface area contributed by atoms with Gasteiger partial charge in [0.2, 0.25) is 0 Å². The van der Waals surface area contributed by atoms with Gasteiger partial charge in [0.25, 0.3) is 0 Å². The third-order valence-corrected chi connectivity index (χ3v) is 3.96.